The van der Waals surface area contributed by atoms with Crippen molar-refractivity contribution in [3.8, 4) is 0 Å². The molecular weight excluding hydrogens is 132 g/mol. The average Bonchev–Trinajstić information content (AvgIpc) is 1.83. The molecule has 1 aliphatic carbocycles. The van der Waals surface area contributed by atoms with Crippen molar-refractivity contribution in [1.29, 1.82) is 0 Å². The molecule has 10 heavy (non-hydrogen) atoms. The number of aliphatic hydroxyl groups excluding tert-OH is 1. The summed E-state index contributed by atoms with van der Waals surface area (Å²) in [6.07, 6.45) is 3.08. The van der Waals surface area contributed by atoms with Crippen molar-refractivity contribution in [1.82, 2.24) is 0 Å². The minimum absolute atomic E-state index is 0.549. The molecule has 0 aromatic carbocycles. The second kappa shape index (κ2) is 2.20. The Hall–Kier alpha value is -0.640. The fourth-order valence-corrected chi connectivity index (χ4v) is 0.859. The molecule has 0 aliphatic heterocycles. The van der Waals surface area contributed by atoms with Gasteiger partial charge in [-0.2, -0.15) is 0 Å². The van der Waals surface area contributed by atoms with E-state index in [0.717, 1.165) is 6.08 Å². The van der Waals surface area contributed by atoms with Gasteiger partial charge in [-0.15, -0.1) is 0 Å². The first-order valence-corrected chi connectivity index (χ1v) is 3.03. The second-order valence-electron chi connectivity index (χ2n) is 2.46. The first-order chi connectivity index (χ1) is 4.54. The molecule has 0 spiro atoms. The minimum Gasteiger partial charge on any atom is -0.383 e. The number of allylic oxidation sites excluding steroid dienone is 2. The molecule has 3 nitrogen and oxygen atoms in total. The van der Waals surface area contributed by atoms with Crippen LogP contribution in [0, 0.1) is 0 Å². The molecular formula is C7H10O3. The van der Waals surface area contributed by atoms with Crippen LogP contribution in [-0.4, -0.2) is 27.2 Å². The van der Waals surface area contributed by atoms with E-state index < -0.39 is 11.9 Å². The first-order valence-electron chi connectivity index (χ1n) is 3.03. The van der Waals surface area contributed by atoms with Crippen molar-refractivity contribution >= 4 is 0 Å². The van der Waals surface area contributed by atoms with E-state index >= 15 is 0 Å². The Bertz CT molecular complexity index is 191. The Morgan fingerprint density at radius 3 is 2.50 bits per heavy atom. The fraction of sp³-hybridized carbons (Fsp3) is 0.429. The number of rotatable bonds is 0. The Balaban J connectivity index is 2.89. The molecule has 1 aliphatic rings. The van der Waals surface area contributed by atoms with Crippen LogP contribution in [0.5, 0.6) is 0 Å². The minimum atomic E-state index is -2.08. The third-order valence-corrected chi connectivity index (χ3v) is 1.53. The summed E-state index contributed by atoms with van der Waals surface area (Å²) in [7, 11) is 0. The quantitative estimate of drug-likeness (QED) is 0.401. The zero-order chi connectivity index (χ0) is 7.78. The number of hydrogen-bond acceptors (Lipinski definition) is 3. The predicted octanol–water partition coefficient (Wildman–Crippen LogP) is -0.456. The summed E-state index contributed by atoms with van der Waals surface area (Å²) < 4.78 is 0. The van der Waals surface area contributed by atoms with E-state index in [1.54, 1.807) is 13.0 Å². The monoisotopic (exact) mass is 142 g/mol. The van der Waals surface area contributed by atoms with Crippen molar-refractivity contribution in [2.24, 2.45) is 0 Å². The van der Waals surface area contributed by atoms with E-state index in [-0.39, 0.29) is 0 Å². The molecule has 1 rings (SSSR count). The summed E-state index contributed by atoms with van der Waals surface area (Å²) in [6.45, 7) is 1.63. The Labute approximate surface area is 58.9 Å². The number of hydrogen-bond donors (Lipinski definition) is 3. The highest BCUT2D eigenvalue weighted by atomic mass is 16.5. The van der Waals surface area contributed by atoms with Gasteiger partial charge in [0.2, 0.25) is 5.79 Å². The van der Waals surface area contributed by atoms with Gasteiger partial charge in [0, 0.05) is 0 Å². The van der Waals surface area contributed by atoms with Gasteiger partial charge in [-0.3, -0.25) is 0 Å². The third kappa shape index (κ3) is 1.11. The Morgan fingerprint density at radius 1 is 1.50 bits per heavy atom. The third-order valence-electron chi connectivity index (χ3n) is 1.53. The molecule has 0 fully saturated rings. The van der Waals surface area contributed by atoms with Gasteiger partial charge in [0.1, 0.15) is 6.10 Å². The predicted molar refractivity (Wildman–Crippen MR) is 36.1 cm³/mol. The van der Waals surface area contributed by atoms with Gasteiger partial charge in [0.05, 0.1) is 0 Å². The van der Waals surface area contributed by atoms with Gasteiger partial charge in [-0.25, -0.2) is 0 Å². The lowest BCUT2D eigenvalue weighted by molar-refractivity contribution is -0.177. The van der Waals surface area contributed by atoms with Gasteiger partial charge in [-0.05, 0) is 18.6 Å². The molecule has 0 amide bonds. The summed E-state index contributed by atoms with van der Waals surface area (Å²) in [6, 6.07) is 0. The molecule has 0 saturated carbocycles. The van der Waals surface area contributed by atoms with Crippen LogP contribution in [0.25, 0.3) is 0 Å². The van der Waals surface area contributed by atoms with Crippen LogP contribution in [-0.2, 0) is 0 Å². The molecule has 0 radical (unpaired) electrons. The highest BCUT2D eigenvalue weighted by Gasteiger charge is 2.32. The molecule has 0 saturated heterocycles. The van der Waals surface area contributed by atoms with Crippen LogP contribution < -0.4 is 0 Å². The lowest BCUT2D eigenvalue weighted by atomic mass is 9.98. The molecule has 1 atom stereocenters. The van der Waals surface area contributed by atoms with E-state index in [4.69, 9.17) is 15.3 Å². The summed E-state index contributed by atoms with van der Waals surface area (Å²) in [5, 5.41) is 27.1. The van der Waals surface area contributed by atoms with E-state index in [1.807, 2.05) is 0 Å². The smallest absolute Gasteiger partial charge is 0.214 e. The Morgan fingerprint density at radius 2 is 2.10 bits per heavy atom. The van der Waals surface area contributed by atoms with Crippen molar-refractivity contribution in [2.75, 3.05) is 0 Å². The lowest BCUT2D eigenvalue weighted by Gasteiger charge is -2.26. The van der Waals surface area contributed by atoms with Crippen LogP contribution in [0.15, 0.2) is 23.8 Å². The highest BCUT2D eigenvalue weighted by molar-refractivity contribution is 5.25. The SMILES string of the molecule is CC1=CC=CC(O)(O)[C@H]1O. The van der Waals surface area contributed by atoms with Crippen LogP contribution in [0.1, 0.15) is 6.92 Å². The van der Waals surface area contributed by atoms with Gasteiger partial charge < -0.3 is 15.3 Å². The van der Waals surface area contributed by atoms with Crippen LogP contribution in [0.4, 0.5) is 0 Å². The number of aliphatic hydroxyl groups is 3. The van der Waals surface area contributed by atoms with Gasteiger partial charge in [0.25, 0.3) is 0 Å². The maximum absolute atomic E-state index is 9.09. The fourth-order valence-electron chi connectivity index (χ4n) is 0.859. The Kier molecular flexibility index (Phi) is 1.64. The molecule has 0 unspecified atom stereocenters. The van der Waals surface area contributed by atoms with Crippen LogP contribution in [0.3, 0.4) is 0 Å². The highest BCUT2D eigenvalue weighted by Crippen LogP contribution is 2.20. The van der Waals surface area contributed by atoms with Gasteiger partial charge in [0.15, 0.2) is 0 Å². The standard InChI is InChI=1S/C7H10O3/c1-5-3-2-4-7(9,10)6(5)8/h2-4,6,8-10H,1H3/t6-/m0/s1. The van der Waals surface area contributed by atoms with E-state index in [2.05, 4.69) is 0 Å². The maximum Gasteiger partial charge on any atom is 0.214 e. The van der Waals surface area contributed by atoms with E-state index in [1.165, 1.54) is 6.08 Å². The van der Waals surface area contributed by atoms with Gasteiger partial charge >= 0.3 is 0 Å². The maximum atomic E-state index is 9.09. The lowest BCUT2D eigenvalue weighted by Crippen LogP contribution is -2.42. The van der Waals surface area contributed by atoms with Crippen molar-refractivity contribution < 1.29 is 15.3 Å². The molecule has 0 aromatic rings. The normalized spacial score (nSPS) is 30.0. The molecule has 56 valence electrons. The molecule has 0 aromatic heterocycles. The van der Waals surface area contributed by atoms with Crippen LogP contribution >= 0.6 is 0 Å². The van der Waals surface area contributed by atoms with Crippen LogP contribution in [0.2, 0.25) is 0 Å². The zero-order valence-electron chi connectivity index (χ0n) is 5.65. The molecule has 3 heteroatoms. The molecule has 0 bridgehead atoms. The largest absolute Gasteiger partial charge is 0.383 e. The first kappa shape index (κ1) is 7.47. The topological polar surface area (TPSA) is 60.7 Å². The summed E-state index contributed by atoms with van der Waals surface area (Å²) in [5.41, 5.74) is 0.549. The molecule has 0 heterocycles. The van der Waals surface area contributed by atoms with Crippen molar-refractivity contribution in [3.05, 3.63) is 23.8 Å². The zero-order valence-corrected chi connectivity index (χ0v) is 5.65. The summed E-state index contributed by atoms with van der Waals surface area (Å²) >= 11 is 0. The summed E-state index contributed by atoms with van der Waals surface area (Å²) in [4.78, 5) is 0. The van der Waals surface area contributed by atoms with E-state index in [9.17, 15) is 0 Å². The average molecular weight is 142 g/mol. The second-order valence-corrected chi connectivity index (χ2v) is 2.46. The molecule has 3 N–H and O–H groups in total. The van der Waals surface area contributed by atoms with Gasteiger partial charge in [-0.1, -0.05) is 12.2 Å². The van der Waals surface area contributed by atoms with E-state index in [0.29, 0.717) is 5.57 Å². The van der Waals surface area contributed by atoms with Crippen molar-refractivity contribution in [2.45, 2.75) is 18.8 Å². The van der Waals surface area contributed by atoms with Crippen molar-refractivity contribution in [3.63, 3.8) is 0 Å². The summed E-state index contributed by atoms with van der Waals surface area (Å²) in [5.74, 6) is -2.08.